The highest BCUT2D eigenvalue weighted by molar-refractivity contribution is 8.77. The van der Waals surface area contributed by atoms with Gasteiger partial charge in [-0.15, -0.1) is 0 Å². The van der Waals surface area contributed by atoms with Crippen LogP contribution in [0, 0.1) is 6.57 Å². The summed E-state index contributed by atoms with van der Waals surface area (Å²) in [4.78, 5) is 48.3. The van der Waals surface area contributed by atoms with Crippen molar-refractivity contribution in [3.05, 3.63) is 11.4 Å². The number of rotatable bonds is 19. The van der Waals surface area contributed by atoms with Crippen molar-refractivity contribution in [2.24, 2.45) is 5.73 Å². The van der Waals surface area contributed by atoms with E-state index in [2.05, 4.69) is 33.8 Å². The molecule has 1 amide bonds. The average molecular weight is 1090 g/mol. The number of piperidine rings is 2. The number of hydrogen-bond donors (Lipinski definition) is 2. The third-order valence-corrected chi connectivity index (χ3v) is 21.7. The molecular weight excluding hydrogens is 1000 g/mol. The summed E-state index contributed by atoms with van der Waals surface area (Å²) < 4.78 is 48.5. The number of fused-ring (bicyclic) bond motifs is 2. The van der Waals surface area contributed by atoms with Gasteiger partial charge in [0.05, 0.1) is 6.54 Å². The van der Waals surface area contributed by atoms with Gasteiger partial charge < -0.3 is 58.7 Å². The van der Waals surface area contributed by atoms with E-state index in [-0.39, 0.29) is 59.9 Å². The normalized spacial score (nSPS) is 35.6. The topological polar surface area (TPSA) is 177 Å². The highest BCUT2D eigenvalue weighted by Crippen LogP contribution is 2.43. The van der Waals surface area contributed by atoms with E-state index in [9.17, 15) is 14.4 Å². The van der Waals surface area contributed by atoms with Crippen LogP contribution in [0.1, 0.15) is 144 Å². The summed E-state index contributed by atoms with van der Waals surface area (Å²) in [6.07, 6.45) is 11.3. The molecule has 72 heavy (non-hydrogen) atoms. The van der Waals surface area contributed by atoms with Gasteiger partial charge in [-0.1, -0.05) is 56.0 Å². The smallest absolute Gasteiger partial charge is 0.306 e. The first-order chi connectivity index (χ1) is 34.4. The number of likely N-dealkylation sites (tertiary alicyclic amines) is 3. The van der Waals surface area contributed by atoms with Crippen LogP contribution in [0.15, 0.2) is 0 Å². The van der Waals surface area contributed by atoms with Crippen molar-refractivity contribution < 1.29 is 52.3 Å². The molecule has 9 fully saturated rings. The number of esters is 2. The van der Waals surface area contributed by atoms with Crippen molar-refractivity contribution in [2.75, 3.05) is 63.9 Å². The standard InChI is InChI=1S/C29H46N4O6S2.C22H38N2O5S2/c1-28(2)38-26-25(37-24(35)10-6-5-8-20-11-17-40-41-20)21(36-27(26)39-28)19-32-15-12-29(3,13-16-32)31-18-23(34)33-14-7-9-22(33)30-4;1-21(2)28-19-18(27-17(25)7-5-4-6-15-8-13-30-31-15)16(26-20(19)29-21)14-24-11-9-22(3,23)10-12-24/h20-22,25-27,31H,5-19H2,1-3H3;15-16,18-20H,4-14,23H2,1-3H3/t20?,21-,22+,25+,26-,27-;15?,16-,18+,19-,20-/m11/s1. The van der Waals surface area contributed by atoms with Gasteiger partial charge in [-0.25, -0.2) is 6.57 Å². The quantitative estimate of drug-likeness (QED) is 0.0579. The lowest BCUT2D eigenvalue weighted by Gasteiger charge is -2.41. The second kappa shape index (κ2) is 25.6. The minimum atomic E-state index is -0.776. The van der Waals surface area contributed by atoms with Gasteiger partial charge in [-0.05, 0) is 138 Å². The third-order valence-electron chi connectivity index (χ3n) is 15.7. The molecular formula is C51H84N6O11S4. The van der Waals surface area contributed by atoms with Crippen LogP contribution in [-0.2, 0) is 52.3 Å². The van der Waals surface area contributed by atoms with Gasteiger partial charge in [0, 0.05) is 72.0 Å². The van der Waals surface area contributed by atoms with Gasteiger partial charge in [0.2, 0.25) is 5.91 Å². The van der Waals surface area contributed by atoms with Crippen LogP contribution in [0.4, 0.5) is 0 Å². The Morgan fingerprint density at radius 2 is 1.17 bits per heavy atom. The number of nitrogens with zero attached hydrogens (tertiary/aromatic N) is 4. The largest absolute Gasteiger partial charge is 0.457 e. The van der Waals surface area contributed by atoms with Crippen LogP contribution in [0.3, 0.4) is 0 Å². The molecule has 0 aromatic rings. The summed E-state index contributed by atoms with van der Waals surface area (Å²) in [6.45, 7) is 24.9. The van der Waals surface area contributed by atoms with Crippen molar-refractivity contribution in [1.29, 1.82) is 0 Å². The van der Waals surface area contributed by atoms with Gasteiger partial charge in [0.25, 0.3) is 0 Å². The molecule has 0 spiro atoms. The van der Waals surface area contributed by atoms with E-state index in [1.807, 2.05) is 70.9 Å². The molecule has 0 aromatic heterocycles. The second-order valence-corrected chi connectivity index (χ2v) is 28.4. The minimum absolute atomic E-state index is 0.0158. The van der Waals surface area contributed by atoms with Crippen molar-refractivity contribution >= 4 is 61.0 Å². The Bertz CT molecular complexity index is 1840. The molecule has 9 rings (SSSR count). The number of nitrogens with two attached hydrogens (primary N) is 1. The van der Waals surface area contributed by atoms with Crippen LogP contribution in [-0.4, -0.2) is 185 Å². The average Bonchev–Trinajstić information content (AvgIpc) is 4.22. The zero-order valence-corrected chi connectivity index (χ0v) is 47.0. The van der Waals surface area contributed by atoms with E-state index in [4.69, 9.17) is 50.2 Å². The highest BCUT2D eigenvalue weighted by Gasteiger charge is 2.58. The molecule has 9 aliphatic heterocycles. The lowest BCUT2D eigenvalue weighted by atomic mass is 9.89. The summed E-state index contributed by atoms with van der Waals surface area (Å²) in [5.74, 6) is 0.650. The summed E-state index contributed by atoms with van der Waals surface area (Å²) in [7, 11) is 7.90. The molecule has 9 heterocycles. The maximum absolute atomic E-state index is 12.9. The van der Waals surface area contributed by atoms with Crippen molar-refractivity contribution in [2.45, 2.75) is 233 Å². The van der Waals surface area contributed by atoms with E-state index in [1.54, 1.807) is 4.90 Å². The van der Waals surface area contributed by atoms with Crippen molar-refractivity contribution in [3.8, 4) is 0 Å². The predicted octanol–water partition coefficient (Wildman–Crippen LogP) is 7.10. The fourth-order valence-electron chi connectivity index (χ4n) is 11.2. The predicted molar refractivity (Wildman–Crippen MR) is 283 cm³/mol. The van der Waals surface area contributed by atoms with Crippen LogP contribution in [0.5, 0.6) is 0 Å². The lowest BCUT2D eigenvalue weighted by molar-refractivity contribution is -0.220. The van der Waals surface area contributed by atoms with E-state index >= 15 is 0 Å². The number of nitrogens with one attached hydrogen (secondary N) is 1. The van der Waals surface area contributed by atoms with E-state index in [0.717, 1.165) is 107 Å². The van der Waals surface area contributed by atoms with Crippen LogP contribution in [0.25, 0.3) is 4.85 Å². The monoisotopic (exact) mass is 1080 g/mol. The number of ether oxygens (including phenoxy) is 8. The Morgan fingerprint density at radius 1 is 0.681 bits per heavy atom. The zero-order valence-electron chi connectivity index (χ0n) is 43.7. The Hall–Kier alpha value is -1.10. The molecule has 2 unspecified atom stereocenters. The maximum Gasteiger partial charge on any atom is 0.306 e. The fraction of sp³-hybridized carbons (Fsp3) is 0.922. The van der Waals surface area contributed by atoms with Gasteiger partial charge in [-0.3, -0.25) is 24.1 Å². The Balaban J connectivity index is 0.000000200. The molecule has 408 valence electrons. The Kier molecular flexibility index (Phi) is 20.3. The second-order valence-electron chi connectivity index (χ2n) is 22.9. The first-order valence-electron chi connectivity index (χ1n) is 27.0. The molecule has 9 aliphatic rings. The third kappa shape index (κ3) is 16.0. The molecule has 0 bridgehead atoms. The van der Waals surface area contributed by atoms with Gasteiger partial charge in [0.15, 0.2) is 48.6 Å². The first-order valence-corrected chi connectivity index (χ1v) is 31.7. The molecule has 21 heteroatoms. The number of carbonyl (C=O) groups is 3. The van der Waals surface area contributed by atoms with Crippen molar-refractivity contribution in [3.63, 3.8) is 0 Å². The number of carbonyl (C=O) groups excluding carboxylic acids is 3. The number of amides is 1. The lowest BCUT2D eigenvalue weighted by Crippen LogP contribution is -2.55. The molecule has 0 radical (unpaired) electrons. The zero-order chi connectivity index (χ0) is 51.1. The molecule has 0 aromatic carbocycles. The van der Waals surface area contributed by atoms with E-state index in [1.165, 1.54) is 30.8 Å². The van der Waals surface area contributed by atoms with Crippen molar-refractivity contribution in [1.82, 2.24) is 20.0 Å². The number of unbranched alkanes of at least 4 members (excludes halogenated alkanes) is 2. The highest BCUT2D eigenvalue weighted by atomic mass is 33.1. The maximum atomic E-state index is 12.9. The molecule has 0 aliphatic carbocycles. The summed E-state index contributed by atoms with van der Waals surface area (Å²) in [5.41, 5.74) is 6.03. The van der Waals surface area contributed by atoms with Crippen LogP contribution >= 0.6 is 43.2 Å². The fourth-order valence-corrected chi connectivity index (χ4v) is 17.3. The van der Waals surface area contributed by atoms with Gasteiger partial charge in [0.1, 0.15) is 12.2 Å². The van der Waals surface area contributed by atoms with Gasteiger partial charge >= 0.3 is 18.1 Å². The molecule has 17 nitrogen and oxygen atoms in total. The van der Waals surface area contributed by atoms with Crippen LogP contribution in [0.2, 0.25) is 0 Å². The molecule has 9 saturated heterocycles. The first kappa shape index (κ1) is 57.1. The molecule has 3 N–H and O–H groups in total. The Labute approximate surface area is 444 Å². The number of hydrogen-bond acceptors (Lipinski definition) is 19. The van der Waals surface area contributed by atoms with E-state index in [0.29, 0.717) is 32.5 Å². The summed E-state index contributed by atoms with van der Waals surface area (Å²) in [6, 6.07) is 0. The summed E-state index contributed by atoms with van der Waals surface area (Å²) in [5, 5.41) is 4.96. The van der Waals surface area contributed by atoms with E-state index < -0.39 is 42.5 Å². The SMILES string of the molecule is CC1(N)CCN(C[C@H]2O[C@@H]3OC(C)(C)O[C@@H]3[C@H]2OC(=O)CCCCC2CCSS2)CC1.[C-]#[N+][C@@H]1CCCN1C(=O)CNC1(C)CCN(C[C@H]2O[C@@H]3OC(C)(C)O[C@@H]3[C@H]2OC(=O)CCCCC2CCSS2)CC1. The Morgan fingerprint density at radius 3 is 1.62 bits per heavy atom. The van der Waals surface area contributed by atoms with Gasteiger partial charge in [-0.2, -0.15) is 0 Å². The molecule has 11 atom stereocenters. The summed E-state index contributed by atoms with van der Waals surface area (Å²) >= 11 is 0. The van der Waals surface area contributed by atoms with Crippen LogP contribution < -0.4 is 11.1 Å². The minimum Gasteiger partial charge on any atom is -0.457 e. The molecule has 0 saturated carbocycles.